The van der Waals surface area contributed by atoms with Gasteiger partial charge in [-0.15, -0.1) is 0 Å². The van der Waals surface area contributed by atoms with Gasteiger partial charge in [0.2, 0.25) is 0 Å². The van der Waals surface area contributed by atoms with Crippen molar-refractivity contribution in [2.45, 2.75) is 45.8 Å². The molecule has 0 fully saturated rings. The molecule has 0 aliphatic rings. The number of rotatable bonds is 6. The summed E-state index contributed by atoms with van der Waals surface area (Å²) in [6.07, 6.45) is 1.94. The van der Waals surface area contributed by atoms with Crippen molar-refractivity contribution in [2.24, 2.45) is 5.73 Å². The third-order valence-corrected chi connectivity index (χ3v) is 3.94. The van der Waals surface area contributed by atoms with E-state index in [2.05, 4.69) is 44.2 Å². The van der Waals surface area contributed by atoms with Crippen LogP contribution in [-0.2, 0) is 12.8 Å². The van der Waals surface area contributed by atoms with Crippen molar-refractivity contribution in [3.63, 3.8) is 0 Å². The number of aryl methyl sites for hydroxylation is 2. The lowest BCUT2D eigenvalue weighted by Crippen LogP contribution is -2.29. The number of hydrogen-bond donors (Lipinski definition) is 1. The van der Waals surface area contributed by atoms with E-state index in [9.17, 15) is 0 Å². The first-order valence-electron chi connectivity index (χ1n) is 7.74. The molecule has 2 atom stereocenters. The molecule has 0 radical (unpaired) electrons. The Morgan fingerprint density at radius 3 is 2.24 bits per heavy atom. The average Bonchev–Trinajstić information content (AvgIpc) is 2.54. The van der Waals surface area contributed by atoms with Gasteiger partial charge in [-0.2, -0.15) is 0 Å². The van der Waals surface area contributed by atoms with E-state index >= 15 is 0 Å². The second-order valence-corrected chi connectivity index (χ2v) is 5.41. The number of nitrogens with two attached hydrogens (primary N) is 1. The van der Waals surface area contributed by atoms with Crippen LogP contribution in [0.25, 0.3) is 0 Å². The molecule has 0 bridgehead atoms. The smallest absolute Gasteiger partial charge is 0.122 e. The Kier molecular flexibility index (Phi) is 5.40. The average molecular weight is 283 g/mol. The highest BCUT2D eigenvalue weighted by Gasteiger charge is 2.17. The molecule has 21 heavy (non-hydrogen) atoms. The summed E-state index contributed by atoms with van der Waals surface area (Å²) in [5.74, 6) is 0.938. The fourth-order valence-electron chi connectivity index (χ4n) is 2.43. The van der Waals surface area contributed by atoms with Crippen molar-refractivity contribution in [2.75, 3.05) is 0 Å². The molecular formula is C19H25NO. The number of benzene rings is 2. The Labute approximate surface area is 127 Å². The standard InChI is InChI=1S/C19H25NO/c1-4-15-10-12-17(13-11-15)19(20)14(3)21-18-9-7-6-8-16(18)5-2/h6-14,19H,4-5,20H2,1-3H3. The lowest BCUT2D eigenvalue weighted by Gasteiger charge is -2.23. The molecule has 0 aliphatic heterocycles. The highest BCUT2D eigenvalue weighted by molar-refractivity contribution is 5.34. The SMILES string of the molecule is CCc1ccc(C(N)C(C)Oc2ccccc2CC)cc1. The predicted octanol–water partition coefficient (Wildman–Crippen LogP) is 4.28. The molecule has 0 saturated heterocycles. The van der Waals surface area contributed by atoms with Gasteiger partial charge in [-0.3, -0.25) is 0 Å². The minimum atomic E-state index is -0.124. The molecular weight excluding hydrogens is 258 g/mol. The van der Waals surface area contributed by atoms with E-state index in [1.807, 2.05) is 25.1 Å². The van der Waals surface area contributed by atoms with Gasteiger partial charge in [0.15, 0.2) is 0 Å². The van der Waals surface area contributed by atoms with E-state index in [-0.39, 0.29) is 12.1 Å². The number of para-hydroxylation sites is 1. The highest BCUT2D eigenvalue weighted by Crippen LogP contribution is 2.24. The van der Waals surface area contributed by atoms with E-state index in [0.29, 0.717) is 0 Å². The molecule has 0 saturated carbocycles. The van der Waals surface area contributed by atoms with Gasteiger partial charge in [-0.1, -0.05) is 56.3 Å². The third-order valence-electron chi connectivity index (χ3n) is 3.94. The minimum Gasteiger partial charge on any atom is -0.488 e. The summed E-state index contributed by atoms with van der Waals surface area (Å²) in [5, 5.41) is 0. The second kappa shape index (κ2) is 7.28. The van der Waals surface area contributed by atoms with Crippen LogP contribution in [0.15, 0.2) is 48.5 Å². The van der Waals surface area contributed by atoms with Crippen LogP contribution in [-0.4, -0.2) is 6.10 Å². The van der Waals surface area contributed by atoms with Crippen molar-refractivity contribution >= 4 is 0 Å². The van der Waals surface area contributed by atoms with Crippen molar-refractivity contribution in [1.29, 1.82) is 0 Å². The molecule has 0 heterocycles. The first-order chi connectivity index (χ1) is 10.2. The maximum absolute atomic E-state index is 6.34. The van der Waals surface area contributed by atoms with Crippen LogP contribution >= 0.6 is 0 Å². The summed E-state index contributed by atoms with van der Waals surface area (Å²) >= 11 is 0. The molecule has 0 spiro atoms. The Morgan fingerprint density at radius 1 is 0.952 bits per heavy atom. The summed E-state index contributed by atoms with van der Waals surface area (Å²) in [5.41, 5.74) is 10.0. The molecule has 0 aromatic heterocycles. The van der Waals surface area contributed by atoms with E-state index < -0.39 is 0 Å². The maximum Gasteiger partial charge on any atom is 0.122 e. The van der Waals surface area contributed by atoms with Gasteiger partial charge in [0.25, 0.3) is 0 Å². The van der Waals surface area contributed by atoms with Crippen molar-refractivity contribution < 1.29 is 4.74 Å². The topological polar surface area (TPSA) is 35.2 Å². The Bertz CT molecular complexity index is 562. The fourth-order valence-corrected chi connectivity index (χ4v) is 2.43. The monoisotopic (exact) mass is 283 g/mol. The zero-order chi connectivity index (χ0) is 15.2. The van der Waals surface area contributed by atoms with Crippen LogP contribution in [0.3, 0.4) is 0 Å². The largest absolute Gasteiger partial charge is 0.488 e. The van der Waals surface area contributed by atoms with Crippen LogP contribution in [0, 0.1) is 0 Å². The third kappa shape index (κ3) is 3.85. The Balaban J connectivity index is 2.09. The summed E-state index contributed by atoms with van der Waals surface area (Å²) in [4.78, 5) is 0. The molecule has 2 nitrogen and oxygen atoms in total. The van der Waals surface area contributed by atoms with Gasteiger partial charge in [0, 0.05) is 0 Å². The molecule has 2 aromatic rings. The second-order valence-electron chi connectivity index (χ2n) is 5.41. The normalized spacial score (nSPS) is 13.7. The Morgan fingerprint density at radius 2 is 1.62 bits per heavy atom. The number of ether oxygens (including phenoxy) is 1. The van der Waals surface area contributed by atoms with E-state index in [0.717, 1.165) is 24.2 Å². The fraction of sp³-hybridized carbons (Fsp3) is 0.368. The molecule has 2 N–H and O–H groups in total. The molecule has 2 unspecified atom stereocenters. The van der Waals surface area contributed by atoms with Crippen molar-refractivity contribution in [1.82, 2.24) is 0 Å². The van der Waals surface area contributed by atoms with Crippen molar-refractivity contribution in [3.05, 3.63) is 65.2 Å². The quantitative estimate of drug-likeness (QED) is 0.859. The highest BCUT2D eigenvalue weighted by atomic mass is 16.5. The summed E-state index contributed by atoms with van der Waals surface area (Å²) in [6, 6.07) is 16.5. The number of hydrogen-bond acceptors (Lipinski definition) is 2. The maximum atomic E-state index is 6.34. The molecule has 112 valence electrons. The lowest BCUT2D eigenvalue weighted by molar-refractivity contribution is 0.189. The van der Waals surface area contributed by atoms with E-state index in [1.165, 1.54) is 11.1 Å². The van der Waals surface area contributed by atoms with Gasteiger partial charge in [0.05, 0.1) is 6.04 Å². The van der Waals surface area contributed by atoms with Crippen molar-refractivity contribution in [3.8, 4) is 5.75 Å². The lowest BCUT2D eigenvalue weighted by atomic mass is 10.0. The van der Waals surface area contributed by atoms with Crippen LogP contribution in [0.2, 0.25) is 0 Å². The summed E-state index contributed by atoms with van der Waals surface area (Å²) in [7, 11) is 0. The molecule has 0 aliphatic carbocycles. The first kappa shape index (κ1) is 15.6. The molecule has 2 rings (SSSR count). The first-order valence-corrected chi connectivity index (χ1v) is 7.74. The summed E-state index contributed by atoms with van der Waals surface area (Å²) < 4.78 is 6.08. The van der Waals surface area contributed by atoms with E-state index in [1.54, 1.807) is 0 Å². The Hall–Kier alpha value is -1.80. The predicted molar refractivity (Wildman–Crippen MR) is 88.7 cm³/mol. The molecule has 0 amide bonds. The van der Waals surface area contributed by atoms with Crippen LogP contribution in [0.4, 0.5) is 0 Å². The van der Waals surface area contributed by atoms with Gasteiger partial charge in [-0.25, -0.2) is 0 Å². The molecule has 2 heteroatoms. The van der Waals surface area contributed by atoms with Gasteiger partial charge >= 0.3 is 0 Å². The zero-order valence-electron chi connectivity index (χ0n) is 13.2. The summed E-state index contributed by atoms with van der Waals surface area (Å²) in [6.45, 7) is 6.32. The zero-order valence-corrected chi connectivity index (χ0v) is 13.2. The van der Waals surface area contributed by atoms with Gasteiger partial charge in [0.1, 0.15) is 11.9 Å². The minimum absolute atomic E-state index is 0.0647. The van der Waals surface area contributed by atoms with Crippen LogP contribution in [0.1, 0.15) is 43.5 Å². The van der Waals surface area contributed by atoms with E-state index in [4.69, 9.17) is 10.5 Å². The van der Waals surface area contributed by atoms with Gasteiger partial charge < -0.3 is 10.5 Å². The van der Waals surface area contributed by atoms with Crippen LogP contribution in [0.5, 0.6) is 5.75 Å². The van der Waals surface area contributed by atoms with Gasteiger partial charge in [-0.05, 0) is 42.5 Å². The van der Waals surface area contributed by atoms with Crippen LogP contribution < -0.4 is 10.5 Å². The molecule has 2 aromatic carbocycles.